The molecule has 1 aromatic heterocycles. The minimum absolute atomic E-state index is 0.0958. The molecule has 1 unspecified atom stereocenters. The molecule has 6 nitrogen and oxygen atoms in total. The molecule has 0 spiro atoms. The number of rotatable bonds is 4. The van der Waals surface area contributed by atoms with E-state index in [0.29, 0.717) is 0 Å². The van der Waals surface area contributed by atoms with Gasteiger partial charge in [0, 0.05) is 29.0 Å². The van der Waals surface area contributed by atoms with Crippen molar-refractivity contribution in [1.29, 1.82) is 0 Å². The Bertz CT molecular complexity index is 914. The van der Waals surface area contributed by atoms with E-state index in [4.69, 9.17) is 4.74 Å². The number of nitrogens with zero attached hydrogens (tertiary/aromatic N) is 2. The summed E-state index contributed by atoms with van der Waals surface area (Å²) in [6.07, 6.45) is 3.89. The fourth-order valence-corrected chi connectivity index (χ4v) is 3.51. The molecule has 1 atom stereocenters. The number of fused-ring (bicyclic) bond motifs is 3. The molecule has 0 saturated carbocycles. The van der Waals surface area contributed by atoms with Crippen molar-refractivity contribution < 1.29 is 9.53 Å². The summed E-state index contributed by atoms with van der Waals surface area (Å²) in [6, 6.07) is 5.62. The zero-order valence-electron chi connectivity index (χ0n) is 14.5. The summed E-state index contributed by atoms with van der Waals surface area (Å²) >= 11 is 0. The topological polar surface area (TPSA) is 77.7 Å². The molecule has 2 aromatic rings. The Morgan fingerprint density at radius 2 is 2.08 bits per heavy atom. The van der Waals surface area contributed by atoms with Crippen LogP contribution in [-0.2, 0) is 12.8 Å². The summed E-state index contributed by atoms with van der Waals surface area (Å²) in [4.78, 5) is 34.5. The molecule has 2 heterocycles. The number of pyridine rings is 1. The van der Waals surface area contributed by atoms with E-state index < -0.39 is 11.3 Å². The lowest BCUT2D eigenvalue weighted by atomic mass is 9.89. The number of methoxy groups -OCH3 is 1. The predicted octanol–water partition coefficient (Wildman–Crippen LogP) is 3.50. The molecule has 130 valence electrons. The van der Waals surface area contributed by atoms with Gasteiger partial charge in [-0.2, -0.15) is 0 Å². The second-order valence-corrected chi connectivity index (χ2v) is 6.18. The van der Waals surface area contributed by atoms with Crippen molar-refractivity contribution in [3.63, 3.8) is 0 Å². The third-order valence-corrected chi connectivity index (χ3v) is 4.88. The van der Waals surface area contributed by atoms with Gasteiger partial charge in [0.1, 0.15) is 11.3 Å². The Morgan fingerprint density at radius 1 is 1.32 bits per heavy atom. The van der Waals surface area contributed by atoms with Crippen LogP contribution in [-0.4, -0.2) is 17.6 Å². The third-order valence-electron chi connectivity index (χ3n) is 4.88. The van der Waals surface area contributed by atoms with Crippen LogP contribution < -0.4 is 10.2 Å². The highest BCUT2D eigenvalue weighted by Gasteiger charge is 2.26. The zero-order chi connectivity index (χ0) is 18.1. The number of amides is 1. The maximum Gasteiger partial charge on any atom is 0.322 e. The number of hydrogen-bond acceptors (Lipinski definition) is 4. The van der Waals surface area contributed by atoms with Gasteiger partial charge in [-0.05, 0) is 42.5 Å². The van der Waals surface area contributed by atoms with E-state index in [1.807, 2.05) is 23.6 Å². The van der Waals surface area contributed by atoms with Crippen LogP contribution in [0.2, 0.25) is 0 Å². The lowest BCUT2D eigenvalue weighted by molar-refractivity contribution is 0.0999. The Morgan fingerprint density at radius 3 is 2.68 bits per heavy atom. The smallest absolute Gasteiger partial charge is 0.322 e. The standard InChI is InChI=1S/C19H20N2O4/c1-4-11-7-14-12(8-18(11)25-3)6-13(5-2)21-10-15(19(23)20-24)17(22)9-16(14)21/h7-10,13H,4-6H2,1-3H3. The van der Waals surface area contributed by atoms with Crippen LogP contribution in [0.15, 0.2) is 34.4 Å². The number of hydrogen-bond donors (Lipinski definition) is 0. The van der Waals surface area contributed by atoms with Crippen LogP contribution in [0.25, 0.3) is 11.3 Å². The van der Waals surface area contributed by atoms with Crippen LogP contribution >= 0.6 is 0 Å². The van der Waals surface area contributed by atoms with Gasteiger partial charge in [0.25, 0.3) is 0 Å². The summed E-state index contributed by atoms with van der Waals surface area (Å²) in [5.74, 6) is -0.172. The maximum atomic E-state index is 12.3. The van der Waals surface area contributed by atoms with Crippen LogP contribution in [0.5, 0.6) is 5.75 Å². The summed E-state index contributed by atoms with van der Waals surface area (Å²) < 4.78 is 7.41. The first-order chi connectivity index (χ1) is 12.0. The van der Waals surface area contributed by atoms with Gasteiger partial charge >= 0.3 is 5.91 Å². The molecular weight excluding hydrogens is 320 g/mol. The zero-order valence-corrected chi connectivity index (χ0v) is 14.5. The van der Waals surface area contributed by atoms with Gasteiger partial charge in [0.2, 0.25) is 0 Å². The van der Waals surface area contributed by atoms with Crippen molar-refractivity contribution in [3.8, 4) is 17.0 Å². The maximum absolute atomic E-state index is 12.3. The number of aromatic nitrogens is 1. The molecule has 0 bridgehead atoms. The average Bonchev–Trinajstić information content (AvgIpc) is 2.64. The number of carbonyl (C=O) groups is 1. The SMILES string of the molecule is CCc1cc2c(cc1OC)CC(CC)n1cc(C(=O)N=O)c(=O)cc1-2. The fourth-order valence-electron chi connectivity index (χ4n) is 3.51. The van der Waals surface area contributed by atoms with E-state index in [0.717, 1.165) is 47.4 Å². The highest BCUT2D eigenvalue weighted by Crippen LogP contribution is 2.39. The molecule has 0 N–H and O–H groups in total. The lowest BCUT2D eigenvalue weighted by Crippen LogP contribution is -2.25. The number of aryl methyl sites for hydroxylation is 1. The van der Waals surface area contributed by atoms with Crippen LogP contribution in [0, 0.1) is 4.91 Å². The Balaban J connectivity index is 2.28. The number of nitroso groups, excluding NO2 is 1. The van der Waals surface area contributed by atoms with Crippen LogP contribution in [0.4, 0.5) is 0 Å². The van der Waals surface area contributed by atoms with Gasteiger partial charge in [-0.1, -0.05) is 13.8 Å². The highest BCUT2D eigenvalue weighted by molar-refractivity contribution is 5.94. The molecule has 25 heavy (non-hydrogen) atoms. The first kappa shape index (κ1) is 17.1. The summed E-state index contributed by atoms with van der Waals surface area (Å²) in [5.41, 5.74) is 3.26. The largest absolute Gasteiger partial charge is 0.496 e. The normalized spacial score (nSPS) is 15.2. The number of ether oxygens (including phenoxy) is 1. The van der Waals surface area contributed by atoms with E-state index in [9.17, 15) is 14.5 Å². The summed E-state index contributed by atoms with van der Waals surface area (Å²) in [6.45, 7) is 4.10. The van der Waals surface area contributed by atoms with E-state index in [-0.39, 0.29) is 11.6 Å². The van der Waals surface area contributed by atoms with Crippen molar-refractivity contribution in [2.24, 2.45) is 5.18 Å². The van der Waals surface area contributed by atoms with Gasteiger partial charge in [-0.15, -0.1) is 4.91 Å². The second-order valence-electron chi connectivity index (χ2n) is 6.18. The van der Waals surface area contributed by atoms with Gasteiger partial charge < -0.3 is 9.30 Å². The number of carbonyl (C=O) groups excluding carboxylic acids is 1. The molecule has 0 saturated heterocycles. The molecule has 0 radical (unpaired) electrons. The molecule has 1 amide bonds. The van der Waals surface area contributed by atoms with Crippen LogP contribution in [0.1, 0.15) is 47.8 Å². The van der Waals surface area contributed by atoms with E-state index >= 15 is 0 Å². The predicted molar refractivity (Wildman–Crippen MR) is 95.2 cm³/mol. The molecule has 0 fully saturated rings. The van der Waals surface area contributed by atoms with E-state index in [2.05, 4.69) is 12.1 Å². The molecule has 0 aliphatic carbocycles. The second kappa shape index (κ2) is 6.63. The highest BCUT2D eigenvalue weighted by atomic mass is 16.5. The fraction of sp³-hybridized carbons (Fsp3) is 0.368. The van der Waals surface area contributed by atoms with E-state index in [1.54, 1.807) is 7.11 Å². The Kier molecular flexibility index (Phi) is 4.53. The van der Waals surface area contributed by atoms with Gasteiger partial charge in [-0.3, -0.25) is 9.59 Å². The minimum Gasteiger partial charge on any atom is -0.496 e. The first-order valence-electron chi connectivity index (χ1n) is 8.38. The lowest BCUT2D eigenvalue weighted by Gasteiger charge is -2.31. The summed E-state index contributed by atoms with van der Waals surface area (Å²) in [7, 11) is 1.66. The molecule has 1 aliphatic rings. The van der Waals surface area contributed by atoms with Gasteiger partial charge in [0.05, 0.1) is 12.8 Å². The first-order valence-corrected chi connectivity index (χ1v) is 8.38. The Hall–Kier alpha value is -2.76. The molecule has 6 heteroatoms. The molecule has 1 aliphatic heterocycles. The average molecular weight is 340 g/mol. The quantitative estimate of drug-likeness (QED) is 0.798. The van der Waals surface area contributed by atoms with Gasteiger partial charge in [0.15, 0.2) is 5.43 Å². The Labute approximate surface area is 145 Å². The van der Waals surface area contributed by atoms with E-state index in [1.165, 1.54) is 12.3 Å². The van der Waals surface area contributed by atoms with Crippen molar-refractivity contribution in [1.82, 2.24) is 4.57 Å². The summed E-state index contributed by atoms with van der Waals surface area (Å²) in [5, 5.41) is 2.39. The van der Waals surface area contributed by atoms with Gasteiger partial charge in [-0.25, -0.2) is 0 Å². The molecule has 1 aromatic carbocycles. The van der Waals surface area contributed by atoms with Crippen molar-refractivity contribution in [2.45, 2.75) is 39.2 Å². The van der Waals surface area contributed by atoms with Crippen molar-refractivity contribution in [3.05, 3.63) is 56.2 Å². The van der Waals surface area contributed by atoms with Crippen LogP contribution in [0.3, 0.4) is 0 Å². The number of benzene rings is 1. The molecule has 3 rings (SSSR count). The monoisotopic (exact) mass is 340 g/mol. The van der Waals surface area contributed by atoms with Crippen molar-refractivity contribution >= 4 is 5.91 Å². The minimum atomic E-state index is -1.02. The van der Waals surface area contributed by atoms with Crippen molar-refractivity contribution in [2.75, 3.05) is 7.11 Å². The molecular formula is C19H20N2O4. The third kappa shape index (κ3) is 2.77.